The number of aromatic nitrogens is 1. The average Bonchev–Trinajstić information content (AvgIpc) is 2.42. The van der Waals surface area contributed by atoms with Gasteiger partial charge in [0.15, 0.2) is 5.75 Å². The Morgan fingerprint density at radius 3 is 2.62 bits per heavy atom. The number of rotatable bonds is 8. The van der Waals surface area contributed by atoms with Crippen molar-refractivity contribution in [1.82, 2.24) is 9.47 Å². The molecule has 0 saturated heterocycles. The van der Waals surface area contributed by atoms with Crippen LogP contribution in [0.15, 0.2) is 10.9 Å². The molecule has 3 N–H and O–H groups in total. The highest BCUT2D eigenvalue weighted by Crippen LogP contribution is 2.17. The van der Waals surface area contributed by atoms with Crippen LogP contribution in [0.4, 0.5) is 0 Å². The molecule has 0 radical (unpaired) electrons. The number of carboxylic acid groups (broad SMARTS) is 1. The fourth-order valence-electron chi connectivity index (χ4n) is 2.20. The van der Waals surface area contributed by atoms with Crippen LogP contribution >= 0.6 is 0 Å². The quantitative estimate of drug-likeness (QED) is 0.631. The molecule has 0 amide bonds. The number of carboxylic acids is 1. The zero-order chi connectivity index (χ0) is 16.0. The fraction of sp³-hybridized carbons (Fsp3) is 0.571. The van der Waals surface area contributed by atoms with Gasteiger partial charge in [0.05, 0.1) is 18.7 Å². The molecule has 0 unspecified atom stereocenters. The Kier molecular flexibility index (Phi) is 6.39. The molecule has 0 aliphatic rings. The molecule has 0 bridgehead atoms. The van der Waals surface area contributed by atoms with Crippen molar-refractivity contribution in [2.75, 3.05) is 19.7 Å². The molecule has 7 nitrogen and oxygen atoms in total. The molecule has 0 saturated carbocycles. The Morgan fingerprint density at radius 2 is 2.10 bits per heavy atom. The number of aliphatic carboxylic acids is 1. The summed E-state index contributed by atoms with van der Waals surface area (Å²) in [6.07, 6.45) is -0.0950. The van der Waals surface area contributed by atoms with Gasteiger partial charge in [-0.1, -0.05) is 6.92 Å². The SMILES string of the molecule is CCN(CCO)Cc1c(O)c(=O)cc(C)n1CCC(=O)O. The number of aliphatic hydroxyl groups is 1. The third-order valence-corrected chi connectivity index (χ3v) is 3.38. The third kappa shape index (κ3) is 4.57. The van der Waals surface area contributed by atoms with Crippen molar-refractivity contribution in [1.29, 1.82) is 0 Å². The van der Waals surface area contributed by atoms with Crippen LogP contribution in [0.5, 0.6) is 5.75 Å². The monoisotopic (exact) mass is 298 g/mol. The number of nitrogens with zero attached hydrogens (tertiary/aromatic N) is 2. The topological polar surface area (TPSA) is 103 Å². The first-order valence-corrected chi connectivity index (χ1v) is 6.88. The summed E-state index contributed by atoms with van der Waals surface area (Å²) in [6.45, 7) is 5.09. The molecule has 7 heteroatoms. The van der Waals surface area contributed by atoms with Gasteiger partial charge in [-0.25, -0.2) is 0 Å². The number of likely N-dealkylation sites (N-methyl/N-ethyl adjacent to an activating group) is 1. The predicted molar refractivity (Wildman–Crippen MR) is 77.4 cm³/mol. The van der Waals surface area contributed by atoms with Crippen LogP contribution in [0.1, 0.15) is 24.7 Å². The van der Waals surface area contributed by atoms with Gasteiger partial charge in [-0.2, -0.15) is 0 Å². The van der Waals surface area contributed by atoms with Crippen molar-refractivity contribution in [2.24, 2.45) is 0 Å². The van der Waals surface area contributed by atoms with Gasteiger partial charge in [0.2, 0.25) is 5.43 Å². The van der Waals surface area contributed by atoms with E-state index in [2.05, 4.69) is 0 Å². The summed E-state index contributed by atoms with van der Waals surface area (Å²) in [5.41, 5.74) is 0.514. The lowest BCUT2D eigenvalue weighted by Gasteiger charge is -2.24. The first-order valence-electron chi connectivity index (χ1n) is 6.88. The van der Waals surface area contributed by atoms with E-state index >= 15 is 0 Å². The van der Waals surface area contributed by atoms with Gasteiger partial charge < -0.3 is 19.9 Å². The molecule has 0 spiro atoms. The molecule has 21 heavy (non-hydrogen) atoms. The van der Waals surface area contributed by atoms with Crippen molar-refractivity contribution in [3.05, 3.63) is 27.7 Å². The third-order valence-electron chi connectivity index (χ3n) is 3.38. The second-order valence-electron chi connectivity index (χ2n) is 4.83. The Hall–Kier alpha value is -1.86. The molecule has 1 heterocycles. The van der Waals surface area contributed by atoms with Gasteiger partial charge >= 0.3 is 5.97 Å². The zero-order valence-corrected chi connectivity index (χ0v) is 12.4. The highest BCUT2D eigenvalue weighted by molar-refractivity contribution is 5.66. The van der Waals surface area contributed by atoms with E-state index in [0.29, 0.717) is 24.5 Å². The smallest absolute Gasteiger partial charge is 0.305 e. The minimum atomic E-state index is -0.943. The van der Waals surface area contributed by atoms with E-state index in [1.165, 1.54) is 6.07 Å². The highest BCUT2D eigenvalue weighted by Gasteiger charge is 2.16. The van der Waals surface area contributed by atoms with Crippen LogP contribution in [0.25, 0.3) is 0 Å². The van der Waals surface area contributed by atoms with Gasteiger partial charge in [0, 0.05) is 31.4 Å². The Morgan fingerprint density at radius 1 is 1.43 bits per heavy atom. The maximum absolute atomic E-state index is 11.7. The van der Waals surface area contributed by atoms with Gasteiger partial charge in [-0.3, -0.25) is 14.5 Å². The summed E-state index contributed by atoms with van der Waals surface area (Å²) in [7, 11) is 0. The molecule has 0 aliphatic carbocycles. The lowest BCUT2D eigenvalue weighted by Crippen LogP contribution is -2.29. The van der Waals surface area contributed by atoms with Gasteiger partial charge in [0.25, 0.3) is 0 Å². The summed E-state index contributed by atoms with van der Waals surface area (Å²) >= 11 is 0. The standard InChI is InChI=1S/C14H22N2O5/c1-3-15(6-7-17)9-11-14(21)12(18)8-10(2)16(11)5-4-13(19)20/h8,17,21H,3-7,9H2,1-2H3,(H,19,20). The van der Waals surface area contributed by atoms with Crippen LogP contribution < -0.4 is 5.43 Å². The fourth-order valence-corrected chi connectivity index (χ4v) is 2.20. The lowest BCUT2D eigenvalue weighted by molar-refractivity contribution is -0.137. The van der Waals surface area contributed by atoms with Gasteiger partial charge in [0.1, 0.15) is 0 Å². The molecule has 0 aliphatic heterocycles. The number of hydrogen-bond acceptors (Lipinski definition) is 5. The van der Waals surface area contributed by atoms with Crippen LogP contribution in [0, 0.1) is 6.92 Å². The summed E-state index contributed by atoms with van der Waals surface area (Å²) in [5, 5.41) is 27.8. The van der Waals surface area contributed by atoms with Crippen LogP contribution in [0.2, 0.25) is 0 Å². The van der Waals surface area contributed by atoms with Crippen molar-refractivity contribution < 1.29 is 20.1 Å². The van der Waals surface area contributed by atoms with Crippen molar-refractivity contribution in [3.63, 3.8) is 0 Å². The van der Waals surface area contributed by atoms with E-state index in [-0.39, 0.29) is 31.9 Å². The number of aromatic hydroxyl groups is 1. The highest BCUT2D eigenvalue weighted by atomic mass is 16.4. The molecule has 0 aromatic carbocycles. The molecule has 1 rings (SSSR count). The summed E-state index contributed by atoms with van der Waals surface area (Å²) in [4.78, 5) is 24.3. The van der Waals surface area contributed by atoms with Crippen LogP contribution in [-0.4, -0.2) is 50.5 Å². The van der Waals surface area contributed by atoms with Crippen LogP contribution in [0.3, 0.4) is 0 Å². The number of hydrogen-bond donors (Lipinski definition) is 3. The second kappa shape index (κ2) is 7.80. The number of carbonyl (C=O) groups is 1. The van der Waals surface area contributed by atoms with Gasteiger partial charge in [-0.15, -0.1) is 0 Å². The molecule has 118 valence electrons. The second-order valence-corrected chi connectivity index (χ2v) is 4.83. The minimum Gasteiger partial charge on any atom is -0.503 e. The maximum atomic E-state index is 11.7. The molecular formula is C14H22N2O5. The van der Waals surface area contributed by atoms with E-state index in [4.69, 9.17) is 10.2 Å². The molecule has 0 fully saturated rings. The molecule has 0 atom stereocenters. The van der Waals surface area contributed by atoms with Crippen molar-refractivity contribution in [3.8, 4) is 5.75 Å². The largest absolute Gasteiger partial charge is 0.503 e. The number of aliphatic hydroxyl groups excluding tert-OH is 1. The normalized spacial score (nSPS) is 11.0. The van der Waals surface area contributed by atoms with Gasteiger partial charge in [-0.05, 0) is 13.5 Å². The molecular weight excluding hydrogens is 276 g/mol. The summed E-state index contributed by atoms with van der Waals surface area (Å²) in [5.74, 6) is -1.30. The summed E-state index contributed by atoms with van der Waals surface area (Å²) in [6, 6.07) is 1.29. The lowest BCUT2D eigenvalue weighted by atomic mass is 10.2. The Bertz CT molecular complexity index is 553. The van der Waals surface area contributed by atoms with Crippen LogP contribution in [-0.2, 0) is 17.9 Å². The Labute approximate surface area is 123 Å². The first kappa shape index (κ1) is 17.2. The van der Waals surface area contributed by atoms with E-state index in [1.807, 2.05) is 11.8 Å². The zero-order valence-electron chi connectivity index (χ0n) is 12.4. The Balaban J connectivity index is 3.18. The van der Waals surface area contributed by atoms with E-state index in [9.17, 15) is 14.7 Å². The first-order chi connectivity index (χ1) is 9.90. The van der Waals surface area contributed by atoms with E-state index in [0.717, 1.165) is 0 Å². The minimum absolute atomic E-state index is 0.0280. The summed E-state index contributed by atoms with van der Waals surface area (Å²) < 4.78 is 1.64. The van der Waals surface area contributed by atoms with E-state index in [1.54, 1.807) is 11.5 Å². The van der Waals surface area contributed by atoms with Crippen molar-refractivity contribution >= 4 is 5.97 Å². The van der Waals surface area contributed by atoms with E-state index < -0.39 is 11.4 Å². The molecule has 1 aromatic heterocycles. The molecule has 1 aromatic rings. The number of pyridine rings is 1. The maximum Gasteiger partial charge on any atom is 0.305 e. The average molecular weight is 298 g/mol. The number of aryl methyl sites for hydroxylation is 1. The van der Waals surface area contributed by atoms with Crippen molar-refractivity contribution in [2.45, 2.75) is 33.4 Å². The predicted octanol–water partition coefficient (Wildman–Crippen LogP) is 0.151.